The fourth-order valence-corrected chi connectivity index (χ4v) is 2.49. The summed E-state index contributed by atoms with van der Waals surface area (Å²) in [4.78, 5) is 10.4. The number of hydrogen-bond acceptors (Lipinski definition) is 4. The molecule has 0 radical (unpaired) electrons. The molecule has 1 saturated heterocycles. The molecule has 0 spiro atoms. The number of aryl methyl sites for hydroxylation is 1. The van der Waals surface area contributed by atoms with Crippen molar-refractivity contribution in [3.63, 3.8) is 0 Å². The molecule has 1 aromatic carbocycles. The predicted octanol–water partition coefficient (Wildman–Crippen LogP) is 2.70. The van der Waals surface area contributed by atoms with Gasteiger partial charge in [0.15, 0.2) is 0 Å². The summed E-state index contributed by atoms with van der Waals surface area (Å²) in [5.41, 5.74) is 2.15. The highest BCUT2D eigenvalue weighted by molar-refractivity contribution is 5.53. The Kier molecular flexibility index (Phi) is 4.04. The van der Waals surface area contributed by atoms with Crippen molar-refractivity contribution in [2.45, 2.75) is 26.7 Å². The second-order valence-electron chi connectivity index (χ2n) is 5.67. The number of rotatable bonds is 4. The van der Waals surface area contributed by atoms with E-state index in [4.69, 9.17) is 0 Å². The Hall–Kier alpha value is -1.62. The van der Waals surface area contributed by atoms with Gasteiger partial charge in [0.25, 0.3) is 5.69 Å². The lowest BCUT2D eigenvalue weighted by Gasteiger charge is -2.34. The molecule has 0 saturated carbocycles. The van der Waals surface area contributed by atoms with Crippen LogP contribution in [0.25, 0.3) is 0 Å². The molecule has 0 amide bonds. The monoisotopic (exact) mass is 263 g/mol. The Balaban J connectivity index is 2.00. The van der Waals surface area contributed by atoms with Crippen LogP contribution in [0.2, 0.25) is 0 Å². The summed E-state index contributed by atoms with van der Waals surface area (Å²) >= 11 is 0. The topological polar surface area (TPSA) is 67.2 Å². The zero-order chi connectivity index (χ0) is 13.9. The van der Waals surface area contributed by atoms with Crippen LogP contribution in [0, 0.1) is 22.5 Å². The molecule has 2 N–H and O–H groups in total. The number of hydrogen-bond donors (Lipinski definition) is 2. The highest BCUT2D eigenvalue weighted by Gasteiger charge is 2.26. The summed E-state index contributed by atoms with van der Waals surface area (Å²) in [6, 6.07) is 5.21. The highest BCUT2D eigenvalue weighted by Crippen LogP contribution is 2.29. The third kappa shape index (κ3) is 3.44. The normalized spacial score (nSPS) is 18.0. The molecule has 5 nitrogen and oxygen atoms in total. The predicted molar refractivity (Wildman–Crippen MR) is 76.5 cm³/mol. The van der Waals surface area contributed by atoms with E-state index in [-0.39, 0.29) is 10.6 Å². The standard InChI is InChI=1S/C14H21N3O2/c1-11-9-12(3-4-13(11)17(18)19)16-10-14(2)5-7-15-8-6-14/h3-4,9,15-16H,5-8,10H2,1-2H3. The number of nitrogens with zero attached hydrogens (tertiary/aromatic N) is 1. The molecule has 2 rings (SSSR count). The minimum Gasteiger partial charge on any atom is -0.384 e. The molecular weight excluding hydrogens is 242 g/mol. The molecule has 1 aromatic rings. The van der Waals surface area contributed by atoms with Gasteiger partial charge >= 0.3 is 0 Å². The van der Waals surface area contributed by atoms with Crippen molar-refractivity contribution in [3.05, 3.63) is 33.9 Å². The third-order valence-electron chi connectivity index (χ3n) is 3.92. The molecule has 0 unspecified atom stereocenters. The van der Waals surface area contributed by atoms with Crippen LogP contribution < -0.4 is 10.6 Å². The van der Waals surface area contributed by atoms with Gasteiger partial charge in [-0.05, 0) is 50.4 Å². The zero-order valence-electron chi connectivity index (χ0n) is 11.5. The van der Waals surface area contributed by atoms with E-state index >= 15 is 0 Å². The van der Waals surface area contributed by atoms with E-state index in [1.807, 2.05) is 6.07 Å². The lowest BCUT2D eigenvalue weighted by Crippen LogP contribution is -2.39. The van der Waals surface area contributed by atoms with Crippen molar-refractivity contribution in [1.29, 1.82) is 0 Å². The second-order valence-corrected chi connectivity index (χ2v) is 5.67. The van der Waals surface area contributed by atoms with Gasteiger partial charge in [0.2, 0.25) is 0 Å². The van der Waals surface area contributed by atoms with Crippen molar-refractivity contribution in [1.82, 2.24) is 5.32 Å². The first-order valence-corrected chi connectivity index (χ1v) is 6.70. The van der Waals surface area contributed by atoms with Gasteiger partial charge in [0.05, 0.1) is 4.92 Å². The van der Waals surface area contributed by atoms with E-state index in [0.717, 1.165) is 38.2 Å². The average Bonchev–Trinajstić information content (AvgIpc) is 2.37. The maximum atomic E-state index is 10.8. The first-order valence-electron chi connectivity index (χ1n) is 6.70. The molecule has 0 aliphatic carbocycles. The van der Waals surface area contributed by atoms with E-state index in [0.29, 0.717) is 11.0 Å². The maximum Gasteiger partial charge on any atom is 0.272 e. The number of piperidine rings is 1. The van der Waals surface area contributed by atoms with E-state index in [2.05, 4.69) is 17.6 Å². The van der Waals surface area contributed by atoms with Crippen LogP contribution in [-0.2, 0) is 0 Å². The van der Waals surface area contributed by atoms with E-state index in [1.165, 1.54) is 0 Å². The number of nitro groups is 1. The molecule has 5 heteroatoms. The van der Waals surface area contributed by atoms with Crippen molar-refractivity contribution < 1.29 is 4.92 Å². The Bertz CT molecular complexity index is 468. The minimum absolute atomic E-state index is 0.179. The molecule has 0 aromatic heterocycles. The van der Waals surface area contributed by atoms with Crippen molar-refractivity contribution in [3.8, 4) is 0 Å². The molecule has 1 aliphatic rings. The van der Waals surface area contributed by atoms with Gasteiger partial charge in [-0.2, -0.15) is 0 Å². The highest BCUT2D eigenvalue weighted by atomic mass is 16.6. The number of nitrogens with one attached hydrogen (secondary N) is 2. The molecule has 1 aliphatic heterocycles. The largest absolute Gasteiger partial charge is 0.384 e. The molecular formula is C14H21N3O2. The van der Waals surface area contributed by atoms with Crippen molar-refractivity contribution >= 4 is 11.4 Å². The van der Waals surface area contributed by atoms with Crippen LogP contribution in [-0.4, -0.2) is 24.6 Å². The van der Waals surface area contributed by atoms with E-state index in [1.54, 1.807) is 19.1 Å². The fraction of sp³-hybridized carbons (Fsp3) is 0.571. The average molecular weight is 263 g/mol. The first kappa shape index (κ1) is 13.8. The SMILES string of the molecule is Cc1cc(NCC2(C)CCNCC2)ccc1[N+](=O)[O-]. The summed E-state index contributed by atoms with van der Waals surface area (Å²) in [7, 11) is 0. The van der Waals surface area contributed by atoms with Gasteiger partial charge in [-0.1, -0.05) is 6.92 Å². The van der Waals surface area contributed by atoms with Crippen LogP contribution in [0.3, 0.4) is 0 Å². The van der Waals surface area contributed by atoms with E-state index in [9.17, 15) is 10.1 Å². The van der Waals surface area contributed by atoms with Crippen LogP contribution in [0.5, 0.6) is 0 Å². The number of anilines is 1. The van der Waals surface area contributed by atoms with Crippen LogP contribution in [0.15, 0.2) is 18.2 Å². The Morgan fingerprint density at radius 3 is 2.68 bits per heavy atom. The molecule has 1 heterocycles. The van der Waals surface area contributed by atoms with Crippen molar-refractivity contribution in [2.75, 3.05) is 25.0 Å². The molecule has 1 fully saturated rings. The lowest BCUT2D eigenvalue weighted by atomic mass is 9.81. The van der Waals surface area contributed by atoms with Crippen LogP contribution in [0.4, 0.5) is 11.4 Å². The summed E-state index contributed by atoms with van der Waals surface area (Å²) < 4.78 is 0. The summed E-state index contributed by atoms with van der Waals surface area (Å²) in [6.07, 6.45) is 2.32. The van der Waals surface area contributed by atoms with E-state index < -0.39 is 0 Å². The second kappa shape index (κ2) is 5.57. The lowest BCUT2D eigenvalue weighted by molar-refractivity contribution is -0.385. The van der Waals surface area contributed by atoms with Crippen LogP contribution in [0.1, 0.15) is 25.3 Å². The van der Waals surface area contributed by atoms with Gasteiger partial charge in [0.1, 0.15) is 0 Å². The van der Waals surface area contributed by atoms with Gasteiger partial charge in [-0.25, -0.2) is 0 Å². The molecule has 0 bridgehead atoms. The van der Waals surface area contributed by atoms with Gasteiger partial charge in [0, 0.05) is 23.9 Å². The van der Waals surface area contributed by atoms with Crippen molar-refractivity contribution in [2.24, 2.45) is 5.41 Å². The quantitative estimate of drug-likeness (QED) is 0.647. The Morgan fingerprint density at radius 1 is 1.42 bits per heavy atom. The van der Waals surface area contributed by atoms with Gasteiger partial charge < -0.3 is 10.6 Å². The smallest absolute Gasteiger partial charge is 0.272 e. The van der Waals surface area contributed by atoms with Gasteiger partial charge in [-0.3, -0.25) is 10.1 Å². The molecule has 19 heavy (non-hydrogen) atoms. The minimum atomic E-state index is -0.340. The number of nitro benzene ring substituents is 1. The summed E-state index contributed by atoms with van der Waals surface area (Å²) in [5, 5.41) is 17.5. The van der Waals surface area contributed by atoms with Crippen LogP contribution >= 0.6 is 0 Å². The zero-order valence-corrected chi connectivity index (χ0v) is 11.5. The molecule has 104 valence electrons. The Morgan fingerprint density at radius 2 is 2.11 bits per heavy atom. The molecule has 0 atom stereocenters. The van der Waals surface area contributed by atoms with Gasteiger partial charge in [-0.15, -0.1) is 0 Å². The first-order chi connectivity index (χ1) is 9.00. The summed E-state index contributed by atoms with van der Waals surface area (Å²) in [6.45, 7) is 7.11. The Labute approximate surface area is 113 Å². The number of benzene rings is 1. The summed E-state index contributed by atoms with van der Waals surface area (Å²) in [5.74, 6) is 0. The fourth-order valence-electron chi connectivity index (χ4n) is 2.49. The third-order valence-corrected chi connectivity index (χ3v) is 3.92. The maximum absolute atomic E-state index is 10.8.